The van der Waals surface area contributed by atoms with Gasteiger partial charge < -0.3 is 5.32 Å². The molecule has 0 unspecified atom stereocenters. The number of hydrogen-bond donors (Lipinski definition) is 1. The van der Waals surface area contributed by atoms with E-state index in [1.54, 1.807) is 12.1 Å². The van der Waals surface area contributed by atoms with E-state index >= 15 is 0 Å². The van der Waals surface area contributed by atoms with Crippen LogP contribution in [0, 0.1) is 11.7 Å². The minimum Gasteiger partial charge on any atom is -0.346 e. The SMILES string of the molecule is CC(C)CC(=O)NC1(c2ccccc2F)CC1. The second kappa shape index (κ2) is 4.47. The van der Waals surface area contributed by atoms with E-state index in [2.05, 4.69) is 5.32 Å². The Hall–Kier alpha value is -1.38. The van der Waals surface area contributed by atoms with Crippen molar-refractivity contribution in [2.24, 2.45) is 5.92 Å². The maximum absolute atomic E-state index is 13.7. The lowest BCUT2D eigenvalue weighted by atomic mass is 10.0. The van der Waals surface area contributed by atoms with Gasteiger partial charge in [0.1, 0.15) is 5.82 Å². The third-order valence-electron chi connectivity index (χ3n) is 3.11. The number of rotatable bonds is 4. The zero-order chi connectivity index (χ0) is 12.5. The van der Waals surface area contributed by atoms with Crippen molar-refractivity contribution in [2.75, 3.05) is 0 Å². The van der Waals surface area contributed by atoms with E-state index < -0.39 is 5.54 Å². The van der Waals surface area contributed by atoms with Crippen LogP contribution in [0.2, 0.25) is 0 Å². The highest BCUT2D eigenvalue weighted by molar-refractivity contribution is 5.77. The van der Waals surface area contributed by atoms with Crippen LogP contribution in [0.1, 0.15) is 38.7 Å². The summed E-state index contributed by atoms with van der Waals surface area (Å²) in [5.41, 5.74) is 0.189. The summed E-state index contributed by atoms with van der Waals surface area (Å²) in [7, 11) is 0. The van der Waals surface area contributed by atoms with E-state index in [4.69, 9.17) is 0 Å². The molecule has 1 aliphatic rings. The summed E-state index contributed by atoms with van der Waals surface area (Å²) in [6.07, 6.45) is 2.16. The first-order valence-electron chi connectivity index (χ1n) is 6.09. The molecule has 1 N–H and O–H groups in total. The molecule has 3 heteroatoms. The van der Waals surface area contributed by atoms with Gasteiger partial charge in [-0.15, -0.1) is 0 Å². The number of nitrogens with one attached hydrogen (secondary N) is 1. The molecule has 2 nitrogen and oxygen atoms in total. The summed E-state index contributed by atoms with van der Waals surface area (Å²) in [6, 6.07) is 6.69. The maximum Gasteiger partial charge on any atom is 0.220 e. The zero-order valence-corrected chi connectivity index (χ0v) is 10.3. The van der Waals surface area contributed by atoms with Gasteiger partial charge in [-0.25, -0.2) is 4.39 Å². The molecule has 2 rings (SSSR count). The summed E-state index contributed by atoms with van der Waals surface area (Å²) in [5, 5.41) is 2.98. The molecule has 1 aromatic carbocycles. The van der Waals surface area contributed by atoms with Crippen molar-refractivity contribution in [3.63, 3.8) is 0 Å². The fraction of sp³-hybridized carbons (Fsp3) is 0.500. The monoisotopic (exact) mass is 235 g/mol. The maximum atomic E-state index is 13.7. The van der Waals surface area contributed by atoms with E-state index in [1.165, 1.54) is 6.07 Å². The quantitative estimate of drug-likeness (QED) is 0.854. The van der Waals surface area contributed by atoms with Crippen LogP contribution in [-0.2, 0) is 10.3 Å². The molecule has 1 fully saturated rings. The molecule has 1 amide bonds. The van der Waals surface area contributed by atoms with Gasteiger partial charge in [-0.05, 0) is 24.8 Å². The third kappa shape index (κ3) is 2.65. The first kappa shape index (κ1) is 12.1. The van der Waals surface area contributed by atoms with Crippen LogP contribution in [0.25, 0.3) is 0 Å². The highest BCUT2D eigenvalue weighted by atomic mass is 19.1. The van der Waals surface area contributed by atoms with Gasteiger partial charge in [-0.2, -0.15) is 0 Å². The van der Waals surface area contributed by atoms with E-state index in [9.17, 15) is 9.18 Å². The van der Waals surface area contributed by atoms with Crippen LogP contribution >= 0.6 is 0 Å². The van der Waals surface area contributed by atoms with Crippen molar-refractivity contribution in [1.29, 1.82) is 0 Å². The Bertz CT molecular complexity index is 424. The van der Waals surface area contributed by atoms with Crippen molar-refractivity contribution in [3.05, 3.63) is 35.6 Å². The predicted octanol–water partition coefficient (Wildman–Crippen LogP) is 2.98. The summed E-state index contributed by atoms with van der Waals surface area (Å²) in [5.74, 6) is 0.113. The zero-order valence-electron chi connectivity index (χ0n) is 10.3. The van der Waals surface area contributed by atoms with Gasteiger partial charge in [0.05, 0.1) is 5.54 Å². The Kier molecular flexibility index (Phi) is 3.18. The molecular weight excluding hydrogens is 217 g/mol. The summed E-state index contributed by atoms with van der Waals surface area (Å²) in [6.45, 7) is 4.00. The minimum atomic E-state index is -0.433. The van der Waals surface area contributed by atoms with Crippen molar-refractivity contribution in [3.8, 4) is 0 Å². The van der Waals surface area contributed by atoms with Gasteiger partial charge in [-0.3, -0.25) is 4.79 Å². The molecule has 0 radical (unpaired) electrons. The molecule has 0 aliphatic heterocycles. The van der Waals surface area contributed by atoms with Gasteiger partial charge in [0.15, 0.2) is 0 Å². The minimum absolute atomic E-state index is 0.0146. The van der Waals surface area contributed by atoms with Crippen LogP contribution in [0.5, 0.6) is 0 Å². The van der Waals surface area contributed by atoms with Crippen LogP contribution < -0.4 is 5.32 Å². The fourth-order valence-corrected chi connectivity index (χ4v) is 2.12. The average Bonchev–Trinajstić information content (AvgIpc) is 2.97. The molecule has 0 spiro atoms. The summed E-state index contributed by atoms with van der Waals surface area (Å²) >= 11 is 0. The third-order valence-corrected chi connectivity index (χ3v) is 3.11. The number of halogens is 1. The Morgan fingerprint density at radius 1 is 1.41 bits per heavy atom. The van der Waals surface area contributed by atoms with E-state index in [-0.39, 0.29) is 11.7 Å². The second-order valence-corrected chi connectivity index (χ2v) is 5.21. The van der Waals surface area contributed by atoms with Crippen molar-refractivity contribution >= 4 is 5.91 Å². The summed E-state index contributed by atoms with van der Waals surface area (Å²) < 4.78 is 13.7. The molecule has 92 valence electrons. The van der Waals surface area contributed by atoms with Crippen LogP contribution in [0.15, 0.2) is 24.3 Å². The standard InChI is InChI=1S/C14H18FNO/c1-10(2)9-13(17)16-14(7-8-14)11-5-3-4-6-12(11)15/h3-6,10H,7-9H2,1-2H3,(H,16,17). The second-order valence-electron chi connectivity index (χ2n) is 5.21. The Morgan fingerprint density at radius 3 is 2.59 bits per heavy atom. The molecule has 0 aromatic heterocycles. The first-order valence-corrected chi connectivity index (χ1v) is 6.09. The molecular formula is C14H18FNO. The fourth-order valence-electron chi connectivity index (χ4n) is 2.12. The van der Waals surface area contributed by atoms with Crippen LogP contribution in [0.3, 0.4) is 0 Å². The van der Waals surface area contributed by atoms with Crippen LogP contribution in [-0.4, -0.2) is 5.91 Å². The van der Waals surface area contributed by atoms with Gasteiger partial charge >= 0.3 is 0 Å². The Morgan fingerprint density at radius 2 is 2.06 bits per heavy atom. The van der Waals surface area contributed by atoms with Gasteiger partial charge in [0.2, 0.25) is 5.91 Å². The normalized spacial score (nSPS) is 16.9. The lowest BCUT2D eigenvalue weighted by Crippen LogP contribution is -2.36. The molecule has 1 aromatic rings. The van der Waals surface area contributed by atoms with E-state index in [0.717, 1.165) is 12.8 Å². The molecule has 0 bridgehead atoms. The molecule has 0 heterocycles. The van der Waals surface area contributed by atoms with Gasteiger partial charge in [0, 0.05) is 12.0 Å². The van der Waals surface area contributed by atoms with E-state index in [0.29, 0.717) is 17.9 Å². The molecule has 1 saturated carbocycles. The predicted molar refractivity (Wildman–Crippen MR) is 64.9 cm³/mol. The van der Waals surface area contributed by atoms with Crippen LogP contribution in [0.4, 0.5) is 4.39 Å². The number of carbonyl (C=O) groups is 1. The molecule has 1 aliphatic carbocycles. The van der Waals surface area contributed by atoms with E-state index in [1.807, 2.05) is 19.9 Å². The number of carbonyl (C=O) groups excluding carboxylic acids is 1. The highest BCUT2D eigenvalue weighted by Crippen LogP contribution is 2.46. The highest BCUT2D eigenvalue weighted by Gasteiger charge is 2.47. The lowest BCUT2D eigenvalue weighted by molar-refractivity contribution is -0.122. The summed E-state index contributed by atoms with van der Waals surface area (Å²) in [4.78, 5) is 11.8. The smallest absolute Gasteiger partial charge is 0.220 e. The number of benzene rings is 1. The van der Waals surface area contributed by atoms with Crippen molar-refractivity contribution < 1.29 is 9.18 Å². The number of hydrogen-bond acceptors (Lipinski definition) is 1. The van der Waals surface area contributed by atoms with Crippen molar-refractivity contribution in [2.45, 2.75) is 38.6 Å². The first-order chi connectivity index (χ1) is 8.03. The Balaban J connectivity index is 2.10. The molecule has 0 atom stereocenters. The van der Waals surface area contributed by atoms with Gasteiger partial charge in [0.25, 0.3) is 0 Å². The number of amides is 1. The lowest BCUT2D eigenvalue weighted by Gasteiger charge is -2.19. The average molecular weight is 235 g/mol. The van der Waals surface area contributed by atoms with Gasteiger partial charge in [-0.1, -0.05) is 32.0 Å². The largest absolute Gasteiger partial charge is 0.346 e. The Labute approximate surface area is 101 Å². The molecule has 0 saturated heterocycles. The molecule has 17 heavy (non-hydrogen) atoms. The topological polar surface area (TPSA) is 29.1 Å². The van der Waals surface area contributed by atoms with Crippen molar-refractivity contribution in [1.82, 2.24) is 5.32 Å².